The second-order valence-corrected chi connectivity index (χ2v) is 8.20. The van der Waals surface area contributed by atoms with Gasteiger partial charge in [-0.3, -0.25) is 20.2 Å². The maximum atomic E-state index is 13.1. The van der Waals surface area contributed by atoms with Crippen molar-refractivity contribution in [2.75, 3.05) is 11.4 Å². The molecule has 3 aliphatic rings. The number of pyridine rings is 1. The molecule has 2 aromatic heterocycles. The molecule has 2 saturated heterocycles. The highest BCUT2D eigenvalue weighted by Crippen LogP contribution is 2.46. The number of hydrogen-bond acceptors (Lipinski definition) is 7. The van der Waals surface area contributed by atoms with Crippen molar-refractivity contribution in [2.24, 2.45) is 12.5 Å². The standard InChI is InChI=1S/C20H22N6O4/c1-10-9-26-14(11(2)30-10)20(17(27)23-19(29)24-18(20)28)7-12-6-13(8-22-16(12)26)15-21-4-5-25(15)3/h4-6,8,10-11,14H,7,9H2,1-3H3,(H2,23,24,27,28,29)/t10-,11+,14-/m1/s1. The van der Waals surface area contributed by atoms with Gasteiger partial charge in [0.05, 0.1) is 18.2 Å². The largest absolute Gasteiger partial charge is 0.372 e. The number of amides is 4. The minimum atomic E-state index is -1.50. The number of anilines is 1. The van der Waals surface area contributed by atoms with E-state index in [2.05, 4.69) is 15.6 Å². The van der Waals surface area contributed by atoms with E-state index in [-0.39, 0.29) is 12.5 Å². The molecule has 2 aromatic rings. The van der Waals surface area contributed by atoms with Crippen molar-refractivity contribution in [3.05, 3.63) is 30.2 Å². The van der Waals surface area contributed by atoms with E-state index in [0.717, 1.165) is 22.8 Å². The molecule has 0 aliphatic carbocycles. The van der Waals surface area contributed by atoms with Crippen LogP contribution >= 0.6 is 0 Å². The monoisotopic (exact) mass is 410 g/mol. The summed E-state index contributed by atoms with van der Waals surface area (Å²) in [5, 5.41) is 4.58. The number of rotatable bonds is 1. The summed E-state index contributed by atoms with van der Waals surface area (Å²) in [7, 11) is 1.89. The summed E-state index contributed by atoms with van der Waals surface area (Å²) in [5.74, 6) is 0.245. The van der Waals surface area contributed by atoms with E-state index in [0.29, 0.717) is 6.54 Å². The second-order valence-electron chi connectivity index (χ2n) is 8.20. The Morgan fingerprint density at radius 2 is 1.90 bits per heavy atom. The first-order chi connectivity index (χ1) is 14.3. The lowest BCUT2D eigenvalue weighted by Gasteiger charge is -2.54. The van der Waals surface area contributed by atoms with Crippen LogP contribution in [0, 0.1) is 5.41 Å². The van der Waals surface area contributed by atoms with Crippen LogP contribution in [0.2, 0.25) is 0 Å². The third-order valence-corrected chi connectivity index (χ3v) is 6.21. The molecule has 0 radical (unpaired) electrons. The van der Waals surface area contributed by atoms with E-state index >= 15 is 0 Å². The topological polar surface area (TPSA) is 118 Å². The van der Waals surface area contributed by atoms with Gasteiger partial charge in [-0.25, -0.2) is 14.8 Å². The molecule has 1 spiro atoms. The van der Waals surface area contributed by atoms with E-state index in [1.807, 2.05) is 42.6 Å². The molecule has 10 heteroatoms. The molecular weight excluding hydrogens is 388 g/mol. The Labute approximate surface area is 172 Å². The number of aryl methyl sites for hydroxylation is 1. The van der Waals surface area contributed by atoms with Gasteiger partial charge in [-0.15, -0.1) is 0 Å². The zero-order valence-corrected chi connectivity index (χ0v) is 16.9. The van der Waals surface area contributed by atoms with Gasteiger partial charge in [0.25, 0.3) is 0 Å². The van der Waals surface area contributed by atoms with Gasteiger partial charge in [-0.05, 0) is 25.5 Å². The van der Waals surface area contributed by atoms with Crippen LogP contribution in [0.4, 0.5) is 10.6 Å². The zero-order valence-electron chi connectivity index (χ0n) is 16.9. The molecule has 0 saturated carbocycles. The molecule has 0 aromatic carbocycles. The van der Waals surface area contributed by atoms with Gasteiger partial charge in [-0.2, -0.15) is 0 Å². The lowest BCUT2D eigenvalue weighted by molar-refractivity contribution is -0.153. The molecule has 5 heterocycles. The number of urea groups is 1. The minimum Gasteiger partial charge on any atom is -0.372 e. The van der Waals surface area contributed by atoms with Crippen LogP contribution in [-0.4, -0.2) is 57.2 Å². The molecule has 3 aliphatic heterocycles. The van der Waals surface area contributed by atoms with Crippen molar-refractivity contribution in [3.63, 3.8) is 0 Å². The molecule has 2 N–H and O–H groups in total. The molecule has 156 valence electrons. The first kappa shape index (κ1) is 18.7. The number of fused-ring (bicyclic) bond motifs is 4. The van der Waals surface area contributed by atoms with Gasteiger partial charge in [0.2, 0.25) is 11.8 Å². The van der Waals surface area contributed by atoms with E-state index < -0.39 is 35.4 Å². The first-order valence-corrected chi connectivity index (χ1v) is 9.87. The normalized spacial score (nSPS) is 27.4. The van der Waals surface area contributed by atoms with E-state index in [9.17, 15) is 14.4 Å². The minimum absolute atomic E-state index is 0.105. The Morgan fingerprint density at radius 1 is 1.17 bits per heavy atom. The summed E-state index contributed by atoms with van der Waals surface area (Å²) < 4.78 is 7.87. The highest BCUT2D eigenvalue weighted by atomic mass is 16.5. The zero-order chi connectivity index (χ0) is 21.2. The summed E-state index contributed by atoms with van der Waals surface area (Å²) in [6, 6.07) is 0.538. The van der Waals surface area contributed by atoms with Crippen LogP contribution in [0.1, 0.15) is 19.4 Å². The van der Waals surface area contributed by atoms with E-state index in [1.54, 1.807) is 12.4 Å². The number of hydrogen-bond donors (Lipinski definition) is 2. The van der Waals surface area contributed by atoms with Crippen molar-refractivity contribution in [1.29, 1.82) is 0 Å². The van der Waals surface area contributed by atoms with Crippen LogP contribution in [0.15, 0.2) is 24.7 Å². The average molecular weight is 410 g/mol. The average Bonchev–Trinajstić information content (AvgIpc) is 3.11. The van der Waals surface area contributed by atoms with Crippen molar-refractivity contribution < 1.29 is 19.1 Å². The molecule has 4 amide bonds. The Hall–Kier alpha value is -3.27. The first-order valence-electron chi connectivity index (χ1n) is 9.87. The predicted octanol–water partition coefficient (Wildman–Crippen LogP) is 0.373. The molecular formula is C20H22N6O4. The fourth-order valence-corrected chi connectivity index (χ4v) is 5.07. The number of carbonyl (C=O) groups is 3. The summed E-state index contributed by atoms with van der Waals surface area (Å²) >= 11 is 0. The summed E-state index contributed by atoms with van der Waals surface area (Å²) in [4.78, 5) is 49.1. The SMILES string of the molecule is C[C@@H]1CN2c3ncc(-c4nccn4C)cc3CC3(C(=O)NC(=O)NC3=O)[C@H]2[C@H](C)O1. The number of carbonyl (C=O) groups excluding carboxylic acids is 3. The number of morpholine rings is 1. The van der Waals surface area contributed by atoms with Gasteiger partial charge in [0.1, 0.15) is 11.6 Å². The maximum absolute atomic E-state index is 13.1. The lowest BCUT2D eigenvalue weighted by Crippen LogP contribution is -2.75. The van der Waals surface area contributed by atoms with Crippen molar-refractivity contribution in [1.82, 2.24) is 25.2 Å². The van der Waals surface area contributed by atoms with Crippen LogP contribution in [0.5, 0.6) is 0 Å². The fraction of sp³-hybridized carbons (Fsp3) is 0.450. The van der Waals surface area contributed by atoms with Gasteiger partial charge in [0, 0.05) is 44.2 Å². The molecule has 3 atom stereocenters. The fourth-order valence-electron chi connectivity index (χ4n) is 5.07. The highest BCUT2D eigenvalue weighted by molar-refractivity contribution is 6.20. The number of barbiturate groups is 1. The number of nitrogens with one attached hydrogen (secondary N) is 2. The molecule has 5 rings (SSSR count). The quantitative estimate of drug-likeness (QED) is 0.652. The smallest absolute Gasteiger partial charge is 0.328 e. The van der Waals surface area contributed by atoms with Gasteiger partial charge < -0.3 is 14.2 Å². The van der Waals surface area contributed by atoms with Crippen LogP contribution in [0.25, 0.3) is 11.4 Å². The van der Waals surface area contributed by atoms with E-state index in [1.165, 1.54) is 0 Å². The summed E-state index contributed by atoms with van der Waals surface area (Å²) in [6.07, 6.45) is 4.89. The predicted molar refractivity (Wildman–Crippen MR) is 105 cm³/mol. The van der Waals surface area contributed by atoms with Gasteiger partial charge in [0.15, 0.2) is 5.41 Å². The molecule has 2 fully saturated rings. The van der Waals surface area contributed by atoms with E-state index in [4.69, 9.17) is 9.72 Å². The van der Waals surface area contributed by atoms with Crippen molar-refractivity contribution in [2.45, 2.75) is 38.5 Å². The van der Waals surface area contributed by atoms with Crippen LogP contribution < -0.4 is 15.5 Å². The van der Waals surface area contributed by atoms with Crippen LogP contribution in [0.3, 0.4) is 0 Å². The number of ether oxygens (including phenoxy) is 1. The number of aromatic nitrogens is 3. The number of nitrogens with zero attached hydrogens (tertiary/aromatic N) is 4. The lowest BCUT2D eigenvalue weighted by atomic mass is 9.67. The Bertz CT molecular complexity index is 1060. The highest BCUT2D eigenvalue weighted by Gasteiger charge is 2.63. The maximum Gasteiger partial charge on any atom is 0.328 e. The third-order valence-electron chi connectivity index (χ3n) is 6.21. The second kappa shape index (κ2) is 6.36. The summed E-state index contributed by atoms with van der Waals surface area (Å²) in [5.41, 5.74) is 0.0483. The van der Waals surface area contributed by atoms with Crippen molar-refractivity contribution >= 4 is 23.7 Å². The summed E-state index contributed by atoms with van der Waals surface area (Å²) in [6.45, 7) is 4.27. The van der Waals surface area contributed by atoms with Gasteiger partial charge >= 0.3 is 6.03 Å². The third kappa shape index (κ3) is 2.49. The number of imidazole rings is 1. The Morgan fingerprint density at radius 3 is 2.57 bits per heavy atom. The molecule has 0 bridgehead atoms. The number of imide groups is 2. The van der Waals surface area contributed by atoms with Crippen LogP contribution in [-0.2, 0) is 27.8 Å². The van der Waals surface area contributed by atoms with Crippen molar-refractivity contribution in [3.8, 4) is 11.4 Å². The molecule has 10 nitrogen and oxygen atoms in total. The Kier molecular flexibility index (Phi) is 3.97. The molecule has 30 heavy (non-hydrogen) atoms. The Balaban J connectivity index is 1.69. The van der Waals surface area contributed by atoms with Gasteiger partial charge in [-0.1, -0.05) is 0 Å². The molecule has 0 unspecified atom stereocenters.